The van der Waals surface area contributed by atoms with Gasteiger partial charge in [0.1, 0.15) is 13.0 Å². The zero-order valence-electron chi connectivity index (χ0n) is 14.7. The van der Waals surface area contributed by atoms with Crippen LogP contribution in [0.15, 0.2) is 30.3 Å². The van der Waals surface area contributed by atoms with Gasteiger partial charge in [-0.1, -0.05) is 30.3 Å². The molecule has 0 spiro atoms. The lowest BCUT2D eigenvalue weighted by molar-refractivity contribution is -0.140. The lowest BCUT2D eigenvalue weighted by Crippen LogP contribution is -2.50. The van der Waals surface area contributed by atoms with Gasteiger partial charge in [0.25, 0.3) is 0 Å². The van der Waals surface area contributed by atoms with Crippen molar-refractivity contribution in [3.63, 3.8) is 0 Å². The summed E-state index contributed by atoms with van der Waals surface area (Å²) in [4.78, 5) is 25.6. The standard InChI is InChI=1S/C18H24F3N3O2/c1-17(8-5-9-24(17)11-14-6-3-2-4-7-14)12-22-15(25)10-16(26)23-13-18(19,20)21/h2-4,6-7H,5,8-13H2,1H3,(H,22,25)(H,23,26). The SMILES string of the molecule is CC1(CNC(=O)CC(=O)NCC(F)(F)F)CCCN1Cc1ccccc1. The van der Waals surface area contributed by atoms with Gasteiger partial charge >= 0.3 is 6.18 Å². The third-order valence-electron chi connectivity index (χ3n) is 4.60. The highest BCUT2D eigenvalue weighted by Crippen LogP contribution is 2.30. The van der Waals surface area contributed by atoms with E-state index in [1.54, 1.807) is 5.32 Å². The van der Waals surface area contributed by atoms with Crippen molar-refractivity contribution in [3.05, 3.63) is 35.9 Å². The largest absolute Gasteiger partial charge is 0.405 e. The molecule has 1 saturated heterocycles. The van der Waals surface area contributed by atoms with Crippen molar-refractivity contribution in [2.24, 2.45) is 0 Å². The van der Waals surface area contributed by atoms with E-state index in [-0.39, 0.29) is 5.54 Å². The van der Waals surface area contributed by atoms with Crippen molar-refractivity contribution in [1.29, 1.82) is 0 Å². The van der Waals surface area contributed by atoms with Crippen LogP contribution in [0.4, 0.5) is 13.2 Å². The molecule has 1 fully saturated rings. The zero-order valence-corrected chi connectivity index (χ0v) is 14.7. The quantitative estimate of drug-likeness (QED) is 0.723. The van der Waals surface area contributed by atoms with Gasteiger partial charge in [0.2, 0.25) is 11.8 Å². The van der Waals surface area contributed by atoms with E-state index in [0.29, 0.717) is 6.54 Å². The molecule has 1 unspecified atom stereocenters. The van der Waals surface area contributed by atoms with E-state index >= 15 is 0 Å². The van der Waals surface area contributed by atoms with E-state index in [2.05, 4.69) is 10.2 Å². The monoisotopic (exact) mass is 371 g/mol. The Bertz CT molecular complexity index is 622. The first-order chi connectivity index (χ1) is 12.2. The summed E-state index contributed by atoms with van der Waals surface area (Å²) in [5.41, 5.74) is 0.937. The van der Waals surface area contributed by atoms with Gasteiger partial charge in [0.05, 0.1) is 0 Å². The highest BCUT2D eigenvalue weighted by atomic mass is 19.4. The van der Waals surface area contributed by atoms with Crippen LogP contribution in [0.25, 0.3) is 0 Å². The van der Waals surface area contributed by atoms with Crippen LogP contribution in [0.3, 0.4) is 0 Å². The summed E-state index contributed by atoms with van der Waals surface area (Å²) < 4.78 is 36.2. The number of halogens is 3. The minimum atomic E-state index is -4.48. The molecule has 144 valence electrons. The number of amides is 2. The molecular formula is C18H24F3N3O2. The number of rotatable bonds is 7. The Balaban J connectivity index is 1.81. The number of hydrogen-bond acceptors (Lipinski definition) is 3. The van der Waals surface area contributed by atoms with E-state index < -0.39 is 31.0 Å². The smallest absolute Gasteiger partial charge is 0.354 e. The molecule has 1 aliphatic heterocycles. The number of likely N-dealkylation sites (tertiary alicyclic amines) is 1. The second-order valence-corrected chi connectivity index (χ2v) is 6.85. The second kappa shape index (κ2) is 8.53. The highest BCUT2D eigenvalue weighted by molar-refractivity contribution is 5.96. The molecule has 0 radical (unpaired) electrons. The van der Waals surface area contributed by atoms with Gasteiger partial charge in [0, 0.05) is 18.6 Å². The first-order valence-electron chi connectivity index (χ1n) is 8.57. The Labute approximate surface area is 150 Å². The molecule has 5 nitrogen and oxygen atoms in total. The predicted molar refractivity (Wildman–Crippen MR) is 91.2 cm³/mol. The first kappa shape index (κ1) is 20.2. The van der Waals surface area contributed by atoms with Crippen LogP contribution in [-0.2, 0) is 16.1 Å². The highest BCUT2D eigenvalue weighted by Gasteiger charge is 2.36. The third kappa shape index (κ3) is 6.33. The van der Waals surface area contributed by atoms with Crippen LogP contribution in [0.1, 0.15) is 31.7 Å². The predicted octanol–water partition coefficient (Wildman–Crippen LogP) is 2.23. The van der Waals surface area contributed by atoms with E-state index in [4.69, 9.17) is 0 Å². The summed E-state index contributed by atoms with van der Waals surface area (Å²) in [7, 11) is 0. The molecule has 1 heterocycles. The second-order valence-electron chi connectivity index (χ2n) is 6.85. The third-order valence-corrected chi connectivity index (χ3v) is 4.60. The van der Waals surface area contributed by atoms with Crippen molar-refractivity contribution in [1.82, 2.24) is 15.5 Å². The maximum atomic E-state index is 12.1. The van der Waals surface area contributed by atoms with E-state index in [1.165, 1.54) is 5.56 Å². The van der Waals surface area contributed by atoms with E-state index in [9.17, 15) is 22.8 Å². The molecule has 8 heteroatoms. The van der Waals surface area contributed by atoms with Gasteiger partial charge in [0.15, 0.2) is 0 Å². The zero-order chi connectivity index (χ0) is 19.2. The molecule has 2 N–H and O–H groups in total. The van der Waals surface area contributed by atoms with Crippen molar-refractivity contribution in [3.8, 4) is 0 Å². The molecule has 26 heavy (non-hydrogen) atoms. The minimum Gasteiger partial charge on any atom is -0.354 e. The summed E-state index contributed by atoms with van der Waals surface area (Å²) in [6.07, 6.45) is -3.18. The Morgan fingerprint density at radius 3 is 2.46 bits per heavy atom. The van der Waals surface area contributed by atoms with Crippen molar-refractivity contribution >= 4 is 11.8 Å². The maximum Gasteiger partial charge on any atom is 0.405 e. The number of carbonyl (C=O) groups excluding carboxylic acids is 2. The van der Waals surface area contributed by atoms with Crippen molar-refractivity contribution < 1.29 is 22.8 Å². The van der Waals surface area contributed by atoms with Gasteiger partial charge in [-0.2, -0.15) is 13.2 Å². The lowest BCUT2D eigenvalue weighted by Gasteiger charge is -2.35. The molecule has 2 rings (SSSR count). The number of nitrogens with one attached hydrogen (secondary N) is 2. The Morgan fingerprint density at radius 2 is 1.81 bits per heavy atom. The number of alkyl halides is 3. The molecule has 0 bridgehead atoms. The number of nitrogens with zero attached hydrogens (tertiary/aromatic N) is 1. The van der Waals surface area contributed by atoms with Crippen molar-refractivity contribution in [2.75, 3.05) is 19.6 Å². The van der Waals surface area contributed by atoms with Crippen LogP contribution in [0, 0.1) is 0 Å². The molecule has 0 saturated carbocycles. The molecule has 1 atom stereocenters. The fourth-order valence-electron chi connectivity index (χ4n) is 3.11. The number of carbonyl (C=O) groups is 2. The van der Waals surface area contributed by atoms with Crippen LogP contribution in [0.5, 0.6) is 0 Å². The number of benzene rings is 1. The Hall–Kier alpha value is -2.09. The molecule has 0 aromatic heterocycles. The molecular weight excluding hydrogens is 347 g/mol. The van der Waals surface area contributed by atoms with E-state index in [0.717, 1.165) is 25.9 Å². The van der Waals surface area contributed by atoms with Gasteiger partial charge in [-0.15, -0.1) is 0 Å². The molecule has 1 aromatic carbocycles. The van der Waals surface area contributed by atoms with Gasteiger partial charge in [-0.25, -0.2) is 0 Å². The Kier molecular flexibility index (Phi) is 6.63. The van der Waals surface area contributed by atoms with Gasteiger partial charge in [-0.05, 0) is 31.9 Å². The lowest BCUT2D eigenvalue weighted by atomic mass is 9.98. The fraction of sp³-hybridized carbons (Fsp3) is 0.556. The fourth-order valence-corrected chi connectivity index (χ4v) is 3.11. The van der Waals surface area contributed by atoms with Crippen LogP contribution in [0.2, 0.25) is 0 Å². The summed E-state index contributed by atoms with van der Waals surface area (Å²) in [5, 5.41) is 4.38. The molecule has 1 aromatic rings. The Morgan fingerprint density at radius 1 is 1.15 bits per heavy atom. The molecule has 0 aliphatic carbocycles. The summed E-state index contributed by atoms with van der Waals surface area (Å²) >= 11 is 0. The normalized spacial score (nSPS) is 20.8. The van der Waals surface area contributed by atoms with Crippen LogP contribution < -0.4 is 10.6 Å². The minimum absolute atomic E-state index is 0.242. The molecule has 1 aliphatic rings. The number of hydrogen-bond donors (Lipinski definition) is 2. The average Bonchev–Trinajstić information content (AvgIpc) is 2.93. The first-order valence-corrected chi connectivity index (χ1v) is 8.57. The topological polar surface area (TPSA) is 61.4 Å². The van der Waals surface area contributed by atoms with Gasteiger partial charge < -0.3 is 10.6 Å². The summed E-state index contributed by atoms with van der Waals surface area (Å²) in [6.45, 7) is 2.65. The van der Waals surface area contributed by atoms with Crippen molar-refractivity contribution in [2.45, 2.75) is 44.4 Å². The van der Waals surface area contributed by atoms with Crippen LogP contribution in [-0.4, -0.2) is 48.1 Å². The average molecular weight is 371 g/mol. The maximum absolute atomic E-state index is 12.1. The summed E-state index contributed by atoms with van der Waals surface area (Å²) in [6, 6.07) is 10.00. The van der Waals surface area contributed by atoms with Crippen LogP contribution >= 0.6 is 0 Å². The van der Waals surface area contributed by atoms with Gasteiger partial charge in [-0.3, -0.25) is 14.5 Å². The van der Waals surface area contributed by atoms with E-state index in [1.807, 2.05) is 37.3 Å². The molecule has 2 amide bonds. The summed E-state index contributed by atoms with van der Waals surface area (Å²) in [5.74, 6) is -1.50.